The van der Waals surface area contributed by atoms with Crippen LogP contribution in [0.5, 0.6) is 0 Å². The first-order valence-corrected chi connectivity index (χ1v) is 5.42. The van der Waals surface area contributed by atoms with Gasteiger partial charge in [-0.1, -0.05) is 0 Å². The van der Waals surface area contributed by atoms with Gasteiger partial charge in [0.2, 0.25) is 5.91 Å². The number of hydrogen-bond donors (Lipinski definition) is 0. The lowest BCUT2D eigenvalue weighted by Crippen LogP contribution is -2.45. The van der Waals surface area contributed by atoms with Crippen molar-refractivity contribution >= 4 is 17.5 Å². The maximum Gasteiger partial charge on any atom is 0.219 e. The van der Waals surface area contributed by atoms with E-state index < -0.39 is 0 Å². The molecule has 3 heteroatoms. The number of amides is 1. The highest BCUT2D eigenvalue weighted by atomic mass is 35.5. The Labute approximate surface area is 84.2 Å². The second-order valence-corrected chi connectivity index (χ2v) is 4.90. The Morgan fingerprint density at radius 1 is 1.38 bits per heavy atom. The van der Waals surface area contributed by atoms with Crippen LogP contribution >= 0.6 is 11.6 Å². The molecule has 0 aromatic heterocycles. The summed E-state index contributed by atoms with van der Waals surface area (Å²) in [5.74, 6) is 1.48. The summed E-state index contributed by atoms with van der Waals surface area (Å²) < 4.78 is 0. The lowest BCUT2D eigenvalue weighted by Gasteiger charge is -2.34. The third kappa shape index (κ3) is 1.35. The van der Waals surface area contributed by atoms with Crippen molar-refractivity contribution in [2.45, 2.75) is 37.6 Å². The summed E-state index contributed by atoms with van der Waals surface area (Å²) >= 11 is 6.32. The van der Waals surface area contributed by atoms with Crippen molar-refractivity contribution in [1.82, 2.24) is 4.90 Å². The van der Waals surface area contributed by atoms with Gasteiger partial charge in [0.05, 0.1) is 11.4 Å². The first-order chi connectivity index (χ1) is 6.11. The lowest BCUT2D eigenvalue weighted by atomic mass is 9.94. The zero-order valence-corrected chi connectivity index (χ0v) is 8.92. The average molecular weight is 202 g/mol. The van der Waals surface area contributed by atoms with E-state index in [9.17, 15) is 4.79 Å². The molecule has 2 fully saturated rings. The number of nitrogens with zero attached hydrogens (tertiary/aromatic N) is 1. The molecule has 0 heterocycles. The fraction of sp³-hybridized carbons (Fsp3) is 0.900. The van der Waals surface area contributed by atoms with Crippen molar-refractivity contribution in [2.24, 2.45) is 11.8 Å². The van der Waals surface area contributed by atoms with Gasteiger partial charge in [-0.25, -0.2) is 0 Å². The molecule has 0 aromatic carbocycles. The van der Waals surface area contributed by atoms with Gasteiger partial charge >= 0.3 is 0 Å². The largest absolute Gasteiger partial charge is 0.341 e. The van der Waals surface area contributed by atoms with Crippen LogP contribution in [0.4, 0.5) is 0 Å². The molecule has 74 valence electrons. The third-order valence-corrected chi connectivity index (χ3v) is 4.33. The van der Waals surface area contributed by atoms with E-state index in [-0.39, 0.29) is 11.3 Å². The number of hydrogen-bond acceptors (Lipinski definition) is 1. The molecule has 4 atom stereocenters. The third-order valence-electron chi connectivity index (χ3n) is 3.72. The predicted molar refractivity (Wildman–Crippen MR) is 52.7 cm³/mol. The van der Waals surface area contributed by atoms with Gasteiger partial charge in [0, 0.05) is 14.0 Å². The zero-order valence-electron chi connectivity index (χ0n) is 8.16. The van der Waals surface area contributed by atoms with Crippen molar-refractivity contribution in [2.75, 3.05) is 7.05 Å². The number of fused-ring (bicyclic) bond motifs is 2. The standard InChI is InChI=1S/C10H16ClNO/c1-6(13)12(2)10-8-4-3-7(5-8)9(10)11/h7-10H,3-5H2,1-2H3/t7-,8+,9+,10-/m0/s1. The SMILES string of the molecule is CC(=O)N(C)[C@H]1[C@@H]2CC[C@@H](C2)[C@H]1Cl. The summed E-state index contributed by atoms with van der Waals surface area (Å²) in [5.41, 5.74) is 0. The van der Waals surface area contributed by atoms with E-state index in [1.165, 1.54) is 19.3 Å². The first kappa shape index (κ1) is 9.32. The fourth-order valence-corrected chi connectivity index (χ4v) is 3.53. The molecule has 2 rings (SSSR count). The Morgan fingerprint density at radius 3 is 2.46 bits per heavy atom. The summed E-state index contributed by atoms with van der Waals surface area (Å²) in [4.78, 5) is 13.1. The van der Waals surface area contributed by atoms with Gasteiger partial charge in [0.1, 0.15) is 0 Å². The van der Waals surface area contributed by atoms with Gasteiger partial charge in [-0.05, 0) is 31.1 Å². The second-order valence-electron chi connectivity index (χ2n) is 4.40. The van der Waals surface area contributed by atoms with E-state index in [1.54, 1.807) is 6.92 Å². The second kappa shape index (κ2) is 3.16. The molecule has 0 spiro atoms. The Balaban J connectivity index is 2.11. The molecule has 0 N–H and O–H groups in total. The minimum Gasteiger partial charge on any atom is -0.341 e. The predicted octanol–water partition coefficient (Wildman–Crippen LogP) is 1.87. The molecule has 0 aliphatic heterocycles. The van der Waals surface area contributed by atoms with Crippen LogP contribution in [0, 0.1) is 11.8 Å². The van der Waals surface area contributed by atoms with Crippen LogP contribution in [0.3, 0.4) is 0 Å². The monoisotopic (exact) mass is 201 g/mol. The summed E-state index contributed by atoms with van der Waals surface area (Å²) in [6.45, 7) is 1.62. The zero-order chi connectivity index (χ0) is 9.59. The van der Waals surface area contributed by atoms with Crippen LogP contribution in [0.2, 0.25) is 0 Å². The molecule has 2 nitrogen and oxygen atoms in total. The van der Waals surface area contributed by atoms with Gasteiger partial charge < -0.3 is 4.90 Å². The van der Waals surface area contributed by atoms with Crippen LogP contribution in [0.25, 0.3) is 0 Å². The highest BCUT2D eigenvalue weighted by molar-refractivity contribution is 6.21. The summed E-state index contributed by atoms with van der Waals surface area (Å²) in [5, 5.41) is 0.202. The molecule has 13 heavy (non-hydrogen) atoms. The smallest absolute Gasteiger partial charge is 0.219 e. The minimum atomic E-state index is 0.142. The highest BCUT2D eigenvalue weighted by Gasteiger charge is 2.48. The molecule has 0 radical (unpaired) electrons. The minimum absolute atomic E-state index is 0.142. The Hall–Kier alpha value is -0.240. The van der Waals surface area contributed by atoms with E-state index >= 15 is 0 Å². The molecular formula is C10H16ClNO. The molecule has 2 saturated carbocycles. The maximum absolute atomic E-state index is 11.2. The normalized spacial score (nSPS) is 42.4. The highest BCUT2D eigenvalue weighted by Crippen LogP contribution is 2.48. The quantitative estimate of drug-likeness (QED) is 0.594. The van der Waals surface area contributed by atoms with Crippen molar-refractivity contribution in [3.8, 4) is 0 Å². The molecule has 2 bridgehead atoms. The van der Waals surface area contributed by atoms with Crippen LogP contribution in [-0.4, -0.2) is 29.3 Å². The Kier molecular flexibility index (Phi) is 2.26. The van der Waals surface area contributed by atoms with Gasteiger partial charge in [0.15, 0.2) is 0 Å². The van der Waals surface area contributed by atoms with Gasteiger partial charge in [-0.3, -0.25) is 4.79 Å². The molecular weight excluding hydrogens is 186 g/mol. The Morgan fingerprint density at radius 2 is 2.00 bits per heavy atom. The van der Waals surface area contributed by atoms with Crippen LogP contribution < -0.4 is 0 Å². The number of carbonyl (C=O) groups excluding carboxylic acids is 1. The number of halogens is 1. The van der Waals surface area contributed by atoms with E-state index in [1.807, 2.05) is 11.9 Å². The van der Waals surface area contributed by atoms with E-state index in [0.717, 1.165) is 0 Å². The van der Waals surface area contributed by atoms with E-state index in [4.69, 9.17) is 11.6 Å². The molecule has 2 aliphatic carbocycles. The van der Waals surface area contributed by atoms with Crippen LogP contribution in [0.1, 0.15) is 26.2 Å². The summed E-state index contributed by atoms with van der Waals surface area (Å²) in [6.07, 6.45) is 3.76. The van der Waals surface area contributed by atoms with Gasteiger partial charge in [-0.2, -0.15) is 0 Å². The Bertz CT molecular complexity index is 229. The van der Waals surface area contributed by atoms with Crippen molar-refractivity contribution in [3.63, 3.8) is 0 Å². The molecule has 2 aliphatic rings. The maximum atomic E-state index is 11.2. The average Bonchev–Trinajstić information content (AvgIpc) is 2.62. The van der Waals surface area contributed by atoms with Crippen LogP contribution in [-0.2, 0) is 4.79 Å². The summed E-state index contributed by atoms with van der Waals surface area (Å²) in [7, 11) is 1.88. The number of carbonyl (C=O) groups is 1. The van der Waals surface area contributed by atoms with Gasteiger partial charge in [-0.15, -0.1) is 11.6 Å². The molecule has 1 amide bonds. The number of alkyl halides is 1. The molecule has 0 unspecified atom stereocenters. The van der Waals surface area contributed by atoms with Crippen LogP contribution in [0.15, 0.2) is 0 Å². The van der Waals surface area contributed by atoms with E-state index in [2.05, 4.69) is 0 Å². The number of rotatable bonds is 1. The first-order valence-electron chi connectivity index (χ1n) is 4.98. The van der Waals surface area contributed by atoms with E-state index in [0.29, 0.717) is 17.9 Å². The topological polar surface area (TPSA) is 20.3 Å². The van der Waals surface area contributed by atoms with Crippen molar-refractivity contribution in [3.05, 3.63) is 0 Å². The lowest BCUT2D eigenvalue weighted by molar-refractivity contribution is -0.130. The van der Waals surface area contributed by atoms with Gasteiger partial charge in [0.25, 0.3) is 0 Å². The van der Waals surface area contributed by atoms with Crippen molar-refractivity contribution in [1.29, 1.82) is 0 Å². The fourth-order valence-electron chi connectivity index (χ4n) is 2.93. The summed E-state index contributed by atoms with van der Waals surface area (Å²) in [6, 6.07) is 0.304. The van der Waals surface area contributed by atoms with Crippen molar-refractivity contribution < 1.29 is 4.79 Å². The molecule has 0 aromatic rings. The molecule has 0 saturated heterocycles.